The Hall–Kier alpha value is -1.73. The fourth-order valence-electron chi connectivity index (χ4n) is 1.81. The zero-order valence-corrected chi connectivity index (χ0v) is 13.0. The molecule has 2 unspecified atom stereocenters. The first kappa shape index (κ1) is 18.3. The number of benzene rings is 1. The summed E-state index contributed by atoms with van der Waals surface area (Å²) >= 11 is 0. The molecule has 0 bridgehead atoms. The molecule has 22 heavy (non-hydrogen) atoms. The minimum absolute atomic E-state index is 0.0531. The van der Waals surface area contributed by atoms with Gasteiger partial charge in [-0.25, -0.2) is 13.6 Å². The predicted octanol–water partition coefficient (Wildman–Crippen LogP) is 2.19. The standard InChI is InChI=1S/C15H21F2NO4/c1-8-9(5-6-10(16)12(8)17)13(20)11(19)7-18-14(21)22-15(2,3)4/h5-6,11,13,19-20H,7H2,1-4H3,(H,18,21). The number of aliphatic hydroxyl groups excluding tert-OH is 2. The van der Waals surface area contributed by atoms with E-state index in [-0.39, 0.29) is 17.7 Å². The molecule has 5 nitrogen and oxygen atoms in total. The van der Waals surface area contributed by atoms with E-state index >= 15 is 0 Å². The van der Waals surface area contributed by atoms with Gasteiger partial charge in [0.05, 0.1) is 0 Å². The highest BCUT2D eigenvalue weighted by atomic mass is 19.2. The van der Waals surface area contributed by atoms with Crippen LogP contribution in [0.15, 0.2) is 12.1 Å². The Kier molecular flexibility index (Phi) is 5.85. The lowest BCUT2D eigenvalue weighted by molar-refractivity contribution is 0.0124. The molecule has 0 aliphatic rings. The van der Waals surface area contributed by atoms with Gasteiger partial charge in [-0.15, -0.1) is 0 Å². The zero-order valence-electron chi connectivity index (χ0n) is 13.0. The summed E-state index contributed by atoms with van der Waals surface area (Å²) in [7, 11) is 0. The lowest BCUT2D eigenvalue weighted by atomic mass is 9.99. The molecule has 1 rings (SSSR count). The molecule has 7 heteroatoms. The predicted molar refractivity (Wildman–Crippen MR) is 76.3 cm³/mol. The number of rotatable bonds is 4. The number of carbonyl (C=O) groups excluding carboxylic acids is 1. The minimum Gasteiger partial charge on any atom is -0.444 e. The van der Waals surface area contributed by atoms with Gasteiger partial charge in [0.1, 0.15) is 17.8 Å². The molecule has 0 radical (unpaired) electrons. The summed E-state index contributed by atoms with van der Waals surface area (Å²) in [6, 6.07) is 2.06. The summed E-state index contributed by atoms with van der Waals surface area (Å²) in [5, 5.41) is 22.2. The highest BCUT2D eigenvalue weighted by Crippen LogP contribution is 2.24. The number of alkyl carbamates (subject to hydrolysis) is 1. The fourth-order valence-corrected chi connectivity index (χ4v) is 1.81. The van der Waals surface area contributed by atoms with Gasteiger partial charge in [-0.1, -0.05) is 6.07 Å². The third-order valence-corrected chi connectivity index (χ3v) is 2.92. The summed E-state index contributed by atoms with van der Waals surface area (Å²) < 4.78 is 31.5. The highest BCUT2D eigenvalue weighted by molar-refractivity contribution is 5.67. The zero-order chi connectivity index (χ0) is 17.1. The van der Waals surface area contributed by atoms with E-state index in [2.05, 4.69) is 5.32 Å². The van der Waals surface area contributed by atoms with Crippen molar-refractivity contribution in [3.05, 3.63) is 34.9 Å². The van der Waals surface area contributed by atoms with Crippen LogP contribution in [-0.4, -0.2) is 34.6 Å². The van der Waals surface area contributed by atoms with Crippen molar-refractivity contribution in [3.63, 3.8) is 0 Å². The highest BCUT2D eigenvalue weighted by Gasteiger charge is 2.24. The van der Waals surface area contributed by atoms with Crippen molar-refractivity contribution in [2.45, 2.75) is 45.5 Å². The van der Waals surface area contributed by atoms with Gasteiger partial charge in [-0.3, -0.25) is 0 Å². The van der Waals surface area contributed by atoms with E-state index < -0.39 is 35.5 Å². The van der Waals surface area contributed by atoms with Crippen LogP contribution in [-0.2, 0) is 4.74 Å². The van der Waals surface area contributed by atoms with Gasteiger partial charge in [-0.05, 0) is 44.9 Å². The SMILES string of the molecule is Cc1c(C(O)C(O)CNC(=O)OC(C)(C)C)ccc(F)c1F. The first-order valence-electron chi connectivity index (χ1n) is 6.80. The average molecular weight is 317 g/mol. The number of halogens is 2. The Labute approximate surface area is 127 Å². The second-order valence-corrected chi connectivity index (χ2v) is 5.97. The molecule has 0 aromatic heterocycles. The second kappa shape index (κ2) is 7.02. The van der Waals surface area contributed by atoms with Crippen LogP contribution >= 0.6 is 0 Å². The van der Waals surface area contributed by atoms with Crippen molar-refractivity contribution in [1.82, 2.24) is 5.32 Å². The topological polar surface area (TPSA) is 78.8 Å². The van der Waals surface area contributed by atoms with E-state index in [0.29, 0.717) is 0 Å². The number of aliphatic hydroxyl groups is 2. The van der Waals surface area contributed by atoms with E-state index in [4.69, 9.17) is 4.74 Å². The van der Waals surface area contributed by atoms with E-state index in [1.807, 2.05) is 0 Å². The molecule has 0 spiro atoms. The molecular weight excluding hydrogens is 296 g/mol. The molecule has 124 valence electrons. The normalized spacial score (nSPS) is 14.4. The Morgan fingerprint density at radius 1 is 1.32 bits per heavy atom. The van der Waals surface area contributed by atoms with Gasteiger partial charge in [-0.2, -0.15) is 0 Å². The number of hydrogen-bond acceptors (Lipinski definition) is 4. The molecule has 0 aliphatic carbocycles. The quantitative estimate of drug-likeness (QED) is 0.795. The first-order chi connectivity index (χ1) is 10.0. The van der Waals surface area contributed by atoms with Crippen LogP contribution in [0.1, 0.15) is 38.0 Å². The lowest BCUT2D eigenvalue weighted by Gasteiger charge is -2.23. The molecular formula is C15H21F2NO4. The Morgan fingerprint density at radius 2 is 1.91 bits per heavy atom. The van der Waals surface area contributed by atoms with E-state index in [1.54, 1.807) is 20.8 Å². The fraction of sp³-hybridized carbons (Fsp3) is 0.533. The van der Waals surface area contributed by atoms with Crippen molar-refractivity contribution in [3.8, 4) is 0 Å². The monoisotopic (exact) mass is 317 g/mol. The lowest BCUT2D eigenvalue weighted by Crippen LogP contribution is -2.39. The van der Waals surface area contributed by atoms with Crippen molar-refractivity contribution < 1.29 is 28.5 Å². The van der Waals surface area contributed by atoms with Gasteiger partial charge in [0, 0.05) is 6.54 Å². The molecule has 0 heterocycles. The molecule has 2 atom stereocenters. The number of nitrogens with one attached hydrogen (secondary N) is 1. The van der Waals surface area contributed by atoms with Crippen LogP contribution in [0.2, 0.25) is 0 Å². The maximum atomic E-state index is 13.5. The molecule has 1 amide bonds. The van der Waals surface area contributed by atoms with Crippen molar-refractivity contribution in [1.29, 1.82) is 0 Å². The molecule has 1 aromatic carbocycles. The van der Waals surface area contributed by atoms with Crippen LogP contribution in [0.4, 0.5) is 13.6 Å². The van der Waals surface area contributed by atoms with Crippen molar-refractivity contribution in [2.75, 3.05) is 6.54 Å². The maximum absolute atomic E-state index is 13.5. The van der Waals surface area contributed by atoms with Gasteiger partial charge in [0.2, 0.25) is 0 Å². The summed E-state index contributed by atoms with van der Waals surface area (Å²) in [5.74, 6) is -2.11. The largest absolute Gasteiger partial charge is 0.444 e. The summed E-state index contributed by atoms with van der Waals surface area (Å²) in [6.07, 6.45) is -3.61. The van der Waals surface area contributed by atoms with E-state index in [1.165, 1.54) is 13.0 Å². The third-order valence-electron chi connectivity index (χ3n) is 2.92. The third kappa shape index (κ3) is 4.92. The maximum Gasteiger partial charge on any atom is 0.407 e. The molecule has 0 aliphatic heterocycles. The molecule has 0 saturated heterocycles. The summed E-state index contributed by atoms with van der Waals surface area (Å²) in [4.78, 5) is 11.5. The summed E-state index contributed by atoms with van der Waals surface area (Å²) in [6.45, 7) is 6.05. The minimum atomic E-state index is -1.47. The van der Waals surface area contributed by atoms with Gasteiger partial charge in [0.15, 0.2) is 11.6 Å². The molecule has 1 aromatic rings. The van der Waals surface area contributed by atoms with Crippen LogP contribution < -0.4 is 5.32 Å². The Balaban J connectivity index is 2.68. The van der Waals surface area contributed by atoms with Gasteiger partial charge in [0.25, 0.3) is 0 Å². The molecule has 0 saturated carbocycles. The number of ether oxygens (including phenoxy) is 1. The Bertz CT molecular complexity index is 543. The second-order valence-electron chi connectivity index (χ2n) is 5.97. The van der Waals surface area contributed by atoms with Crippen LogP contribution in [0.5, 0.6) is 0 Å². The van der Waals surface area contributed by atoms with Crippen molar-refractivity contribution in [2.24, 2.45) is 0 Å². The number of carbonyl (C=O) groups is 1. The summed E-state index contributed by atoms with van der Waals surface area (Å²) in [5.41, 5.74) is -0.731. The molecule has 3 N–H and O–H groups in total. The molecule has 0 fully saturated rings. The smallest absolute Gasteiger partial charge is 0.407 e. The first-order valence-corrected chi connectivity index (χ1v) is 6.80. The van der Waals surface area contributed by atoms with E-state index in [0.717, 1.165) is 6.07 Å². The average Bonchev–Trinajstić information content (AvgIpc) is 2.40. The van der Waals surface area contributed by atoms with Crippen molar-refractivity contribution >= 4 is 6.09 Å². The number of hydrogen-bond donors (Lipinski definition) is 3. The van der Waals surface area contributed by atoms with Crippen LogP contribution in [0, 0.1) is 18.6 Å². The van der Waals surface area contributed by atoms with Crippen LogP contribution in [0.25, 0.3) is 0 Å². The van der Waals surface area contributed by atoms with E-state index in [9.17, 15) is 23.8 Å². The van der Waals surface area contributed by atoms with Crippen LogP contribution in [0.3, 0.4) is 0 Å². The number of amides is 1. The van der Waals surface area contributed by atoms with Gasteiger partial charge < -0.3 is 20.3 Å². The Morgan fingerprint density at radius 3 is 2.45 bits per heavy atom. The van der Waals surface area contributed by atoms with Gasteiger partial charge >= 0.3 is 6.09 Å².